The van der Waals surface area contributed by atoms with E-state index in [1.807, 2.05) is 0 Å². The van der Waals surface area contributed by atoms with Crippen molar-refractivity contribution < 1.29 is 53.3 Å². The standard InChI is InChI=1S/C37H58N6O11/c1-3-4-5-6-7-8-9-10-14-19-30(45)41-25(2)33(48)43-28(34(49)50)20-21-29(44)37(39,35(51)52)22-15-18-27(32(38)47)42-31(46)23-40-36(53)54-24-26-16-12-11-13-17-26/h11-13,16-17,25,27-28H,3-10,14-15,18-24,39H2,1-2H3,(H2,38,47)(H,40,53)(H,41,45)(H,42,46)(H,43,48)(H,49,50)(H,51,52)/t25-,27-,28+,37+/m0/s1. The summed E-state index contributed by atoms with van der Waals surface area (Å²) < 4.78 is 5.01. The van der Waals surface area contributed by atoms with Crippen molar-refractivity contribution in [3.05, 3.63) is 35.9 Å². The van der Waals surface area contributed by atoms with Crippen LogP contribution in [0.3, 0.4) is 0 Å². The molecule has 0 aliphatic rings. The second-order valence-corrected chi connectivity index (χ2v) is 13.3. The average Bonchev–Trinajstić information content (AvgIpc) is 3.13. The Morgan fingerprint density at radius 2 is 1.37 bits per heavy atom. The van der Waals surface area contributed by atoms with Crippen molar-refractivity contribution in [1.82, 2.24) is 21.3 Å². The van der Waals surface area contributed by atoms with Crippen LogP contribution in [0.15, 0.2) is 30.3 Å². The minimum atomic E-state index is -2.49. The third kappa shape index (κ3) is 19.1. The average molecular weight is 763 g/mol. The van der Waals surface area contributed by atoms with Gasteiger partial charge in [-0.05, 0) is 44.6 Å². The number of unbranched alkanes of at least 4 members (excludes halogenated alkanes) is 8. The number of benzene rings is 1. The van der Waals surface area contributed by atoms with Crippen molar-refractivity contribution in [2.75, 3.05) is 6.54 Å². The number of carbonyl (C=O) groups is 8. The van der Waals surface area contributed by atoms with Gasteiger partial charge in [0.25, 0.3) is 0 Å². The van der Waals surface area contributed by atoms with Crippen LogP contribution in [0.1, 0.15) is 116 Å². The zero-order valence-electron chi connectivity index (χ0n) is 31.4. The first kappa shape index (κ1) is 47.0. The lowest BCUT2D eigenvalue weighted by molar-refractivity contribution is -0.149. The van der Waals surface area contributed by atoms with Crippen LogP contribution in [0, 0.1) is 0 Å². The molecule has 0 saturated carbocycles. The summed E-state index contributed by atoms with van der Waals surface area (Å²) in [5.74, 6) is -7.13. The van der Waals surface area contributed by atoms with Crippen LogP contribution in [0.25, 0.3) is 0 Å². The van der Waals surface area contributed by atoms with Gasteiger partial charge in [-0.15, -0.1) is 0 Å². The third-order valence-corrected chi connectivity index (χ3v) is 8.78. The van der Waals surface area contributed by atoms with Gasteiger partial charge in [0.05, 0.1) is 0 Å². The van der Waals surface area contributed by atoms with Gasteiger partial charge in [-0.2, -0.15) is 0 Å². The summed E-state index contributed by atoms with van der Waals surface area (Å²) >= 11 is 0. The molecule has 0 aliphatic carbocycles. The molecule has 1 aromatic rings. The fourth-order valence-electron chi connectivity index (χ4n) is 5.44. The molecule has 0 bridgehead atoms. The molecule has 10 N–H and O–H groups in total. The van der Waals surface area contributed by atoms with Crippen molar-refractivity contribution in [2.24, 2.45) is 11.5 Å². The maximum absolute atomic E-state index is 13.0. The third-order valence-electron chi connectivity index (χ3n) is 8.78. The Balaban J connectivity index is 2.55. The van der Waals surface area contributed by atoms with E-state index in [-0.39, 0.29) is 31.8 Å². The highest BCUT2D eigenvalue weighted by atomic mass is 16.5. The van der Waals surface area contributed by atoms with Gasteiger partial charge in [0.2, 0.25) is 23.6 Å². The minimum Gasteiger partial charge on any atom is -0.480 e. The Labute approximate surface area is 316 Å². The number of amides is 5. The Bertz CT molecular complexity index is 1390. The van der Waals surface area contributed by atoms with Crippen LogP contribution in [0.5, 0.6) is 0 Å². The minimum absolute atomic E-state index is 0.0364. The van der Waals surface area contributed by atoms with Crippen LogP contribution in [-0.2, 0) is 44.9 Å². The molecule has 0 aromatic heterocycles. The number of nitrogens with one attached hydrogen (secondary N) is 4. The van der Waals surface area contributed by atoms with Crippen LogP contribution >= 0.6 is 0 Å². The molecule has 0 saturated heterocycles. The van der Waals surface area contributed by atoms with Crippen LogP contribution < -0.4 is 32.7 Å². The quantitative estimate of drug-likeness (QED) is 0.0431. The van der Waals surface area contributed by atoms with Gasteiger partial charge >= 0.3 is 18.0 Å². The number of aliphatic carboxylic acids is 2. The molecule has 17 nitrogen and oxygen atoms in total. The normalized spacial score (nSPS) is 13.6. The predicted molar refractivity (Wildman–Crippen MR) is 197 cm³/mol. The molecule has 0 radical (unpaired) electrons. The van der Waals surface area contributed by atoms with Crippen molar-refractivity contribution in [2.45, 2.75) is 140 Å². The highest BCUT2D eigenvalue weighted by Gasteiger charge is 2.42. The fourth-order valence-corrected chi connectivity index (χ4v) is 5.44. The summed E-state index contributed by atoms with van der Waals surface area (Å²) in [6.07, 6.45) is 7.00. The van der Waals surface area contributed by atoms with E-state index in [2.05, 4.69) is 28.2 Å². The first-order valence-electron chi connectivity index (χ1n) is 18.5. The van der Waals surface area contributed by atoms with Gasteiger partial charge in [0.15, 0.2) is 11.3 Å². The van der Waals surface area contributed by atoms with Crippen molar-refractivity contribution in [3.8, 4) is 0 Å². The number of hydrogen-bond donors (Lipinski definition) is 8. The Morgan fingerprint density at radius 3 is 1.94 bits per heavy atom. The number of rotatable bonds is 29. The molecule has 17 heteroatoms. The van der Waals surface area contributed by atoms with E-state index >= 15 is 0 Å². The van der Waals surface area contributed by atoms with Crippen LogP contribution in [0.4, 0.5) is 4.79 Å². The summed E-state index contributed by atoms with van der Waals surface area (Å²) in [7, 11) is 0. The van der Waals surface area contributed by atoms with E-state index < -0.39 is 91.0 Å². The maximum atomic E-state index is 13.0. The van der Waals surface area contributed by atoms with Gasteiger partial charge in [0, 0.05) is 12.8 Å². The lowest BCUT2D eigenvalue weighted by Gasteiger charge is -2.25. The predicted octanol–water partition coefficient (Wildman–Crippen LogP) is 2.18. The van der Waals surface area contributed by atoms with Gasteiger partial charge in [0.1, 0.15) is 31.3 Å². The molecule has 0 aliphatic heterocycles. The molecule has 5 amide bonds. The lowest BCUT2D eigenvalue weighted by atomic mass is 9.85. The summed E-state index contributed by atoms with van der Waals surface area (Å²) in [6, 6.07) is 4.84. The fraction of sp³-hybridized carbons (Fsp3) is 0.622. The van der Waals surface area contributed by atoms with E-state index in [4.69, 9.17) is 16.2 Å². The zero-order valence-corrected chi connectivity index (χ0v) is 31.4. The molecule has 1 rings (SSSR count). The van der Waals surface area contributed by atoms with Gasteiger partial charge in [-0.1, -0.05) is 88.6 Å². The van der Waals surface area contributed by atoms with E-state index in [1.165, 1.54) is 39.0 Å². The number of ketones is 1. The number of nitrogens with two attached hydrogens (primary N) is 2. The number of carbonyl (C=O) groups excluding carboxylic acids is 6. The van der Waals surface area contributed by atoms with E-state index in [1.54, 1.807) is 30.3 Å². The second-order valence-electron chi connectivity index (χ2n) is 13.3. The van der Waals surface area contributed by atoms with E-state index in [0.29, 0.717) is 6.42 Å². The van der Waals surface area contributed by atoms with Crippen LogP contribution in [0.2, 0.25) is 0 Å². The van der Waals surface area contributed by atoms with Crippen molar-refractivity contribution in [1.29, 1.82) is 0 Å². The summed E-state index contributed by atoms with van der Waals surface area (Å²) in [4.78, 5) is 98.2. The van der Waals surface area contributed by atoms with E-state index in [0.717, 1.165) is 24.8 Å². The number of ether oxygens (including phenoxy) is 1. The van der Waals surface area contributed by atoms with Gasteiger partial charge in [-0.3, -0.25) is 24.0 Å². The first-order chi connectivity index (χ1) is 25.6. The molecule has 0 fully saturated rings. The van der Waals surface area contributed by atoms with Crippen molar-refractivity contribution >= 4 is 47.4 Å². The van der Waals surface area contributed by atoms with Crippen molar-refractivity contribution in [3.63, 3.8) is 0 Å². The van der Waals surface area contributed by atoms with Gasteiger partial charge < -0.3 is 47.7 Å². The molecule has 54 heavy (non-hydrogen) atoms. The van der Waals surface area contributed by atoms with E-state index in [9.17, 15) is 48.6 Å². The van der Waals surface area contributed by atoms with Gasteiger partial charge in [-0.25, -0.2) is 14.4 Å². The number of carboxylic acid groups (broad SMARTS) is 2. The molecule has 1 aromatic carbocycles. The Hall–Kier alpha value is -5.06. The number of carboxylic acids is 2. The molecule has 0 unspecified atom stereocenters. The molecule has 0 heterocycles. The second kappa shape index (κ2) is 25.8. The number of Topliss-reactive ketones (excluding diaryl/α,β-unsaturated/α-hetero) is 1. The largest absolute Gasteiger partial charge is 0.480 e. The zero-order chi connectivity index (χ0) is 40.5. The highest BCUT2D eigenvalue weighted by molar-refractivity contribution is 6.07. The molecular weight excluding hydrogens is 704 g/mol. The Morgan fingerprint density at radius 1 is 0.759 bits per heavy atom. The molecular formula is C37H58N6O11. The summed E-state index contributed by atoms with van der Waals surface area (Å²) in [6.45, 7) is 2.96. The number of primary amides is 1. The lowest BCUT2D eigenvalue weighted by Crippen LogP contribution is -2.56. The summed E-state index contributed by atoms with van der Waals surface area (Å²) in [5, 5.41) is 28.8. The molecule has 302 valence electrons. The van der Waals surface area contributed by atoms with Crippen LogP contribution in [-0.4, -0.2) is 87.9 Å². The number of alkyl carbamates (subject to hydrolysis) is 1. The monoisotopic (exact) mass is 762 g/mol. The summed E-state index contributed by atoms with van der Waals surface area (Å²) in [5.41, 5.74) is 9.58. The first-order valence-corrected chi connectivity index (χ1v) is 18.5. The SMILES string of the molecule is CCCCCCCCCCCC(=O)N[C@@H](C)C(=O)N[C@H](CCC(=O)[C@](N)(CCC[C@H](NC(=O)CNC(=O)OCc1ccccc1)C(N)=O)C(=O)O)C(=O)O. The molecule has 4 atom stereocenters. The highest BCUT2D eigenvalue weighted by Crippen LogP contribution is 2.18. The molecule has 0 spiro atoms. The number of hydrogen-bond acceptors (Lipinski definition) is 10. The smallest absolute Gasteiger partial charge is 0.407 e. The maximum Gasteiger partial charge on any atom is 0.407 e. The topological polar surface area (TPSA) is 286 Å². The Kier molecular flexibility index (Phi) is 22.5.